The first-order valence-corrected chi connectivity index (χ1v) is 5.71. The zero-order valence-corrected chi connectivity index (χ0v) is 10.1. The number of nitrogens with one attached hydrogen (secondary N) is 2. The van der Waals surface area contributed by atoms with Crippen molar-refractivity contribution in [1.82, 2.24) is 0 Å². The van der Waals surface area contributed by atoms with Crippen LogP contribution in [0.1, 0.15) is 5.56 Å². The molecule has 2 rings (SSSR count). The van der Waals surface area contributed by atoms with Gasteiger partial charge in [0.1, 0.15) is 5.82 Å². The van der Waals surface area contributed by atoms with Gasteiger partial charge in [-0.2, -0.15) is 0 Å². The van der Waals surface area contributed by atoms with Crippen LogP contribution in [0.3, 0.4) is 0 Å². The molecule has 0 aromatic heterocycles. The minimum atomic E-state index is -0.414. The van der Waals surface area contributed by atoms with Gasteiger partial charge in [-0.25, -0.2) is 9.18 Å². The Balaban J connectivity index is 1.95. The average molecular weight is 260 g/mol. The molecule has 0 saturated heterocycles. The Morgan fingerprint density at radius 1 is 0.947 bits per heavy atom. The van der Waals surface area contributed by atoms with Gasteiger partial charge >= 0.3 is 6.03 Å². The largest absolute Gasteiger partial charge is 0.392 e. The second-order valence-corrected chi connectivity index (χ2v) is 3.94. The minimum absolute atomic E-state index is 0.0396. The fourth-order valence-electron chi connectivity index (χ4n) is 1.52. The van der Waals surface area contributed by atoms with Gasteiger partial charge in [0, 0.05) is 11.4 Å². The predicted octanol–water partition coefficient (Wildman–Crippen LogP) is 2.96. The molecule has 0 unspecified atom stereocenters. The van der Waals surface area contributed by atoms with Crippen molar-refractivity contribution in [1.29, 1.82) is 0 Å². The topological polar surface area (TPSA) is 61.4 Å². The van der Waals surface area contributed by atoms with E-state index >= 15 is 0 Å². The molecule has 4 nitrogen and oxygen atoms in total. The third-order valence-corrected chi connectivity index (χ3v) is 2.50. The van der Waals surface area contributed by atoms with Crippen LogP contribution in [0.15, 0.2) is 48.5 Å². The van der Waals surface area contributed by atoms with Gasteiger partial charge in [0.15, 0.2) is 0 Å². The van der Waals surface area contributed by atoms with Crippen molar-refractivity contribution in [2.45, 2.75) is 6.61 Å². The minimum Gasteiger partial charge on any atom is -0.392 e. The molecule has 0 radical (unpaired) electrons. The van der Waals surface area contributed by atoms with Crippen LogP contribution in [0, 0.1) is 5.82 Å². The van der Waals surface area contributed by atoms with Gasteiger partial charge in [-0.15, -0.1) is 0 Å². The van der Waals surface area contributed by atoms with E-state index in [1.807, 2.05) is 0 Å². The van der Waals surface area contributed by atoms with Gasteiger partial charge < -0.3 is 15.7 Å². The summed E-state index contributed by atoms with van der Waals surface area (Å²) >= 11 is 0. The number of amides is 2. The van der Waals surface area contributed by atoms with Gasteiger partial charge in [0.25, 0.3) is 0 Å². The molecule has 0 heterocycles. The van der Waals surface area contributed by atoms with E-state index in [2.05, 4.69) is 10.6 Å². The van der Waals surface area contributed by atoms with Crippen molar-refractivity contribution in [3.05, 3.63) is 59.9 Å². The van der Waals surface area contributed by atoms with Gasteiger partial charge in [-0.05, 0) is 42.0 Å². The number of hydrogen-bond donors (Lipinski definition) is 3. The quantitative estimate of drug-likeness (QED) is 0.794. The molecule has 5 heteroatoms. The molecule has 0 aliphatic rings. The molecule has 0 saturated carbocycles. The Hall–Kier alpha value is -2.40. The molecular formula is C14H13FN2O2. The van der Waals surface area contributed by atoms with E-state index in [1.165, 1.54) is 24.3 Å². The zero-order chi connectivity index (χ0) is 13.7. The molecule has 2 aromatic carbocycles. The molecule has 2 aromatic rings. The number of halogens is 1. The van der Waals surface area contributed by atoms with E-state index in [-0.39, 0.29) is 12.4 Å². The smallest absolute Gasteiger partial charge is 0.323 e. The molecular weight excluding hydrogens is 247 g/mol. The van der Waals surface area contributed by atoms with Crippen LogP contribution < -0.4 is 10.6 Å². The number of urea groups is 1. The Bertz CT molecular complexity index is 553. The van der Waals surface area contributed by atoms with E-state index in [0.29, 0.717) is 11.4 Å². The van der Waals surface area contributed by atoms with Gasteiger partial charge in [0.2, 0.25) is 0 Å². The summed E-state index contributed by atoms with van der Waals surface area (Å²) in [6.45, 7) is -0.0396. The molecule has 0 spiro atoms. The Morgan fingerprint density at radius 2 is 1.42 bits per heavy atom. The van der Waals surface area contributed by atoms with E-state index in [4.69, 9.17) is 5.11 Å². The second kappa shape index (κ2) is 5.97. The summed E-state index contributed by atoms with van der Waals surface area (Å²) in [7, 11) is 0. The fourth-order valence-corrected chi connectivity index (χ4v) is 1.52. The Kier molecular flexibility index (Phi) is 4.10. The highest BCUT2D eigenvalue weighted by atomic mass is 19.1. The van der Waals surface area contributed by atoms with Gasteiger partial charge in [0.05, 0.1) is 6.61 Å². The molecule has 0 aliphatic carbocycles. The standard InChI is InChI=1S/C14H13FN2O2/c15-11-3-7-13(8-4-11)17-14(19)16-12-5-1-10(9-18)2-6-12/h1-8,18H,9H2,(H2,16,17,19). The summed E-state index contributed by atoms with van der Waals surface area (Å²) in [5, 5.41) is 14.1. The molecule has 98 valence electrons. The van der Waals surface area contributed by atoms with E-state index in [1.54, 1.807) is 24.3 Å². The van der Waals surface area contributed by atoms with Crippen molar-refractivity contribution in [2.24, 2.45) is 0 Å². The SMILES string of the molecule is O=C(Nc1ccc(F)cc1)Nc1ccc(CO)cc1. The van der Waals surface area contributed by atoms with E-state index in [0.717, 1.165) is 5.56 Å². The number of carbonyl (C=O) groups excluding carboxylic acids is 1. The maximum Gasteiger partial charge on any atom is 0.323 e. The predicted molar refractivity (Wildman–Crippen MR) is 71.4 cm³/mol. The summed E-state index contributed by atoms with van der Waals surface area (Å²) in [6.07, 6.45) is 0. The molecule has 0 aliphatic heterocycles. The third-order valence-electron chi connectivity index (χ3n) is 2.50. The molecule has 0 bridgehead atoms. The van der Waals surface area contributed by atoms with Crippen molar-refractivity contribution >= 4 is 17.4 Å². The maximum absolute atomic E-state index is 12.7. The number of rotatable bonds is 3. The average Bonchev–Trinajstić information content (AvgIpc) is 2.42. The first-order valence-electron chi connectivity index (χ1n) is 5.71. The summed E-state index contributed by atoms with van der Waals surface area (Å²) in [5.41, 5.74) is 1.88. The molecule has 0 fully saturated rings. The van der Waals surface area contributed by atoms with Crippen molar-refractivity contribution in [2.75, 3.05) is 10.6 Å². The lowest BCUT2D eigenvalue weighted by atomic mass is 10.2. The van der Waals surface area contributed by atoms with Crippen molar-refractivity contribution in [3.63, 3.8) is 0 Å². The summed E-state index contributed by atoms with van der Waals surface area (Å²) in [5.74, 6) is -0.356. The summed E-state index contributed by atoms with van der Waals surface area (Å²) in [4.78, 5) is 11.7. The second-order valence-electron chi connectivity index (χ2n) is 3.94. The number of aliphatic hydroxyl groups is 1. The molecule has 2 amide bonds. The highest BCUT2D eigenvalue weighted by Crippen LogP contribution is 2.12. The highest BCUT2D eigenvalue weighted by Gasteiger charge is 2.02. The van der Waals surface area contributed by atoms with Crippen molar-refractivity contribution < 1.29 is 14.3 Å². The Morgan fingerprint density at radius 3 is 1.89 bits per heavy atom. The normalized spacial score (nSPS) is 10.0. The van der Waals surface area contributed by atoms with Gasteiger partial charge in [-0.3, -0.25) is 0 Å². The maximum atomic E-state index is 12.7. The van der Waals surface area contributed by atoms with Crippen LogP contribution in [0.2, 0.25) is 0 Å². The number of aliphatic hydroxyl groups excluding tert-OH is 1. The molecule has 19 heavy (non-hydrogen) atoms. The summed E-state index contributed by atoms with van der Waals surface area (Å²) < 4.78 is 12.7. The fraction of sp³-hybridized carbons (Fsp3) is 0.0714. The van der Waals surface area contributed by atoms with E-state index < -0.39 is 6.03 Å². The van der Waals surface area contributed by atoms with Crippen LogP contribution in [0.4, 0.5) is 20.6 Å². The van der Waals surface area contributed by atoms with Crippen molar-refractivity contribution in [3.8, 4) is 0 Å². The number of benzene rings is 2. The first kappa shape index (κ1) is 13.0. The number of anilines is 2. The zero-order valence-electron chi connectivity index (χ0n) is 10.1. The molecule has 0 atom stereocenters. The van der Waals surface area contributed by atoms with Crippen LogP contribution >= 0.6 is 0 Å². The lowest BCUT2D eigenvalue weighted by Gasteiger charge is -2.08. The lowest BCUT2D eigenvalue weighted by molar-refractivity contribution is 0.262. The Labute approximate surface area is 109 Å². The van der Waals surface area contributed by atoms with Crippen LogP contribution in [0.25, 0.3) is 0 Å². The van der Waals surface area contributed by atoms with Gasteiger partial charge in [-0.1, -0.05) is 12.1 Å². The van der Waals surface area contributed by atoms with Crippen LogP contribution in [-0.4, -0.2) is 11.1 Å². The highest BCUT2D eigenvalue weighted by molar-refractivity contribution is 5.99. The van der Waals surface area contributed by atoms with E-state index in [9.17, 15) is 9.18 Å². The number of carbonyl (C=O) groups is 1. The lowest BCUT2D eigenvalue weighted by Crippen LogP contribution is -2.19. The van der Waals surface area contributed by atoms with Crippen LogP contribution in [0.5, 0.6) is 0 Å². The summed E-state index contributed by atoms with van der Waals surface area (Å²) in [6, 6.07) is 11.9. The van der Waals surface area contributed by atoms with Crippen LogP contribution in [-0.2, 0) is 6.61 Å². The first-order chi connectivity index (χ1) is 9.17. The number of hydrogen-bond acceptors (Lipinski definition) is 2. The third kappa shape index (κ3) is 3.79. The monoisotopic (exact) mass is 260 g/mol. The molecule has 3 N–H and O–H groups in total.